The number of carbonyl (C=O) groups excluding carboxylic acids is 1. The van der Waals surface area contributed by atoms with Gasteiger partial charge in [0.2, 0.25) is 0 Å². The lowest BCUT2D eigenvalue weighted by molar-refractivity contribution is -0.113. The summed E-state index contributed by atoms with van der Waals surface area (Å²) < 4.78 is 16.6. The Morgan fingerprint density at radius 1 is 1.27 bits per heavy atom. The molecule has 0 saturated carbocycles. The van der Waals surface area contributed by atoms with Crippen LogP contribution in [0, 0.1) is 0 Å². The van der Waals surface area contributed by atoms with Crippen LogP contribution < -0.4 is 5.43 Å². The number of nitrogens with zero attached hydrogens (tertiary/aromatic N) is 5. The highest BCUT2D eigenvalue weighted by molar-refractivity contribution is 6.13. The van der Waals surface area contributed by atoms with Gasteiger partial charge >= 0.3 is 0 Å². The van der Waals surface area contributed by atoms with Crippen LogP contribution in [-0.4, -0.2) is 44.6 Å². The van der Waals surface area contributed by atoms with E-state index in [1.54, 1.807) is 6.33 Å². The normalized spacial score (nSPS) is 23.7. The van der Waals surface area contributed by atoms with Gasteiger partial charge in [-0.1, -0.05) is 41.7 Å². The first kappa shape index (κ1) is 18.9. The number of aliphatic imine (C=N–C) groups is 1. The fourth-order valence-corrected chi connectivity index (χ4v) is 4.71. The number of rotatable bonds is 4. The lowest BCUT2D eigenvalue weighted by atomic mass is 9.70. The Morgan fingerprint density at radius 2 is 2.10 bits per heavy atom. The Labute approximate surface area is 173 Å². The van der Waals surface area contributed by atoms with E-state index in [4.69, 9.17) is 4.99 Å². The Bertz CT molecular complexity index is 1070. The lowest BCUT2D eigenvalue weighted by Crippen LogP contribution is -2.43. The fraction of sp³-hybridized carbons (Fsp3) is 0.364. The Morgan fingerprint density at radius 3 is 2.90 bits per heavy atom. The lowest BCUT2D eigenvalue weighted by Gasteiger charge is -2.39. The quantitative estimate of drug-likeness (QED) is 0.791. The number of carbonyl (C=O) groups is 1. The first-order valence-corrected chi connectivity index (χ1v) is 10.3. The van der Waals surface area contributed by atoms with E-state index in [1.807, 2.05) is 22.9 Å². The molecule has 7 nitrogen and oxygen atoms in total. The maximum Gasteiger partial charge on any atom is 0.179 e. The third kappa shape index (κ3) is 3.08. The first-order valence-electron chi connectivity index (χ1n) is 10.3. The van der Waals surface area contributed by atoms with Crippen LogP contribution in [0.4, 0.5) is 4.48 Å². The van der Waals surface area contributed by atoms with E-state index < -0.39 is 0 Å². The van der Waals surface area contributed by atoms with Crippen LogP contribution in [0.15, 0.2) is 64.6 Å². The number of halogens is 1. The third-order valence-corrected chi connectivity index (χ3v) is 5.96. The number of hydrogen-bond donors (Lipinski definition) is 1. The maximum absolute atomic E-state index is 14.6. The summed E-state index contributed by atoms with van der Waals surface area (Å²) in [6, 6.07) is 10.3. The van der Waals surface area contributed by atoms with Crippen LogP contribution in [0.5, 0.6) is 0 Å². The molecule has 30 heavy (non-hydrogen) atoms. The van der Waals surface area contributed by atoms with Gasteiger partial charge in [0.15, 0.2) is 5.78 Å². The van der Waals surface area contributed by atoms with Gasteiger partial charge in [0.25, 0.3) is 0 Å². The summed E-state index contributed by atoms with van der Waals surface area (Å²) in [6.07, 6.45) is 4.58. The molecule has 0 bridgehead atoms. The minimum atomic E-state index is -0.213. The van der Waals surface area contributed by atoms with Crippen molar-refractivity contribution in [2.75, 3.05) is 13.1 Å². The maximum atomic E-state index is 14.6. The molecule has 0 amide bonds. The summed E-state index contributed by atoms with van der Waals surface area (Å²) in [6.45, 7) is 3.22. The summed E-state index contributed by atoms with van der Waals surface area (Å²) in [4.78, 5) is 21.6. The average molecular weight is 406 g/mol. The molecule has 1 aromatic carbocycles. The highest BCUT2D eigenvalue weighted by Crippen LogP contribution is 2.47. The van der Waals surface area contributed by atoms with Gasteiger partial charge in [-0.3, -0.25) is 9.79 Å². The van der Waals surface area contributed by atoms with E-state index in [0.717, 1.165) is 42.1 Å². The van der Waals surface area contributed by atoms with Gasteiger partial charge in [0.05, 0.1) is 11.6 Å². The number of ketones is 1. The number of aryl methyl sites for hydroxylation is 1. The molecule has 1 aliphatic carbocycles. The van der Waals surface area contributed by atoms with Gasteiger partial charge in [0.1, 0.15) is 24.4 Å². The van der Waals surface area contributed by atoms with Gasteiger partial charge in [0, 0.05) is 30.7 Å². The van der Waals surface area contributed by atoms with Crippen molar-refractivity contribution in [1.29, 1.82) is 0 Å². The second kappa shape index (κ2) is 7.60. The summed E-state index contributed by atoms with van der Waals surface area (Å²) in [5, 5.41) is 4.88. The number of aromatic nitrogens is 3. The van der Waals surface area contributed by atoms with Gasteiger partial charge in [-0.2, -0.15) is 5.10 Å². The SMILES string of the molecule is CCCn1ncnc1C1C2=NCC(=O)C=C3C2=C(CNN3F)CC1c1ccccc1. The van der Waals surface area contributed by atoms with Crippen molar-refractivity contribution >= 4 is 11.5 Å². The van der Waals surface area contributed by atoms with E-state index in [1.165, 1.54) is 11.6 Å². The molecule has 0 saturated heterocycles. The molecule has 154 valence electrons. The molecule has 2 atom stereocenters. The van der Waals surface area contributed by atoms with Crippen molar-refractivity contribution < 1.29 is 9.28 Å². The van der Waals surface area contributed by atoms with Gasteiger partial charge in [-0.05, 0) is 24.0 Å². The zero-order chi connectivity index (χ0) is 20.7. The predicted octanol–water partition coefficient (Wildman–Crippen LogP) is 2.87. The van der Waals surface area contributed by atoms with Gasteiger partial charge in [-0.15, -0.1) is 5.23 Å². The van der Waals surface area contributed by atoms with E-state index in [0.29, 0.717) is 11.8 Å². The number of benzene rings is 1. The minimum Gasteiger partial charge on any atom is -0.293 e. The monoisotopic (exact) mass is 406 g/mol. The molecule has 8 heteroatoms. The largest absolute Gasteiger partial charge is 0.293 e. The number of hydrogen-bond acceptors (Lipinski definition) is 6. The van der Waals surface area contributed by atoms with Crippen LogP contribution in [0.1, 0.15) is 43.0 Å². The molecule has 2 unspecified atom stereocenters. The molecule has 3 heterocycles. The topological polar surface area (TPSA) is 75.4 Å². The van der Waals surface area contributed by atoms with Crippen LogP contribution >= 0.6 is 0 Å². The molecular formula is C22H23FN6O. The Hall–Kier alpha value is -3.13. The third-order valence-electron chi connectivity index (χ3n) is 5.96. The molecule has 1 aromatic heterocycles. The van der Waals surface area contributed by atoms with Crippen molar-refractivity contribution in [2.24, 2.45) is 4.99 Å². The first-order chi connectivity index (χ1) is 14.7. The van der Waals surface area contributed by atoms with Crippen molar-refractivity contribution in [3.8, 4) is 0 Å². The molecule has 5 rings (SSSR count). The number of allylic oxidation sites excluding steroid dienone is 1. The summed E-state index contributed by atoms with van der Waals surface area (Å²) in [7, 11) is 0. The van der Waals surface area contributed by atoms with Gasteiger partial charge in [-0.25, -0.2) is 15.1 Å². The second-order valence-corrected chi connectivity index (χ2v) is 7.83. The van der Waals surface area contributed by atoms with Crippen LogP contribution in [-0.2, 0) is 11.3 Å². The van der Waals surface area contributed by atoms with Crippen LogP contribution in [0.3, 0.4) is 0 Å². The van der Waals surface area contributed by atoms with Gasteiger partial charge < -0.3 is 0 Å². The zero-order valence-electron chi connectivity index (χ0n) is 16.8. The number of hydrazine groups is 1. The summed E-state index contributed by atoms with van der Waals surface area (Å²) >= 11 is 0. The summed E-state index contributed by atoms with van der Waals surface area (Å²) in [5.74, 6) is 0.468. The molecule has 1 N–H and O–H groups in total. The van der Waals surface area contributed by atoms with E-state index in [9.17, 15) is 9.28 Å². The standard InChI is InChI=1S/C22H23FN6O/c1-2-8-28-22(25-13-27-28)20-17(14-6-4-3-5-7-14)9-15-11-26-29(23)18-10-16(30)12-24-21(20)19(15)18/h3-7,10,13,17,20,26H,2,8-9,11-12H2,1H3. The van der Waals surface area contributed by atoms with Crippen molar-refractivity contribution in [1.82, 2.24) is 25.4 Å². The molecule has 3 aliphatic rings. The van der Waals surface area contributed by atoms with E-state index in [2.05, 4.69) is 34.6 Å². The fourth-order valence-electron chi connectivity index (χ4n) is 4.71. The van der Waals surface area contributed by atoms with Crippen molar-refractivity contribution in [3.63, 3.8) is 0 Å². The summed E-state index contributed by atoms with van der Waals surface area (Å²) in [5.41, 5.74) is 6.70. The number of nitrogens with one attached hydrogen (secondary N) is 1. The molecular weight excluding hydrogens is 383 g/mol. The van der Waals surface area contributed by atoms with E-state index in [-0.39, 0.29) is 29.9 Å². The Kier molecular flexibility index (Phi) is 4.78. The molecule has 0 fully saturated rings. The highest BCUT2D eigenvalue weighted by Gasteiger charge is 2.44. The Balaban J connectivity index is 1.73. The van der Waals surface area contributed by atoms with Crippen LogP contribution in [0.25, 0.3) is 0 Å². The molecule has 0 spiro atoms. The van der Waals surface area contributed by atoms with Crippen molar-refractivity contribution in [2.45, 2.75) is 38.1 Å². The van der Waals surface area contributed by atoms with Crippen molar-refractivity contribution in [3.05, 3.63) is 71.0 Å². The van der Waals surface area contributed by atoms with Crippen LogP contribution in [0.2, 0.25) is 0 Å². The minimum absolute atomic E-state index is 0.00335. The smallest absolute Gasteiger partial charge is 0.179 e. The second-order valence-electron chi connectivity index (χ2n) is 7.83. The zero-order valence-corrected chi connectivity index (χ0v) is 16.8. The van der Waals surface area contributed by atoms with E-state index >= 15 is 0 Å². The predicted molar refractivity (Wildman–Crippen MR) is 110 cm³/mol. The molecule has 2 aromatic rings. The highest BCUT2D eigenvalue weighted by atomic mass is 19.2. The molecule has 2 aliphatic heterocycles. The molecule has 0 radical (unpaired) electrons. The average Bonchev–Trinajstić information content (AvgIpc) is 3.14.